The van der Waals surface area contributed by atoms with Crippen LogP contribution < -0.4 is 0 Å². The van der Waals surface area contributed by atoms with Crippen LogP contribution in [0.5, 0.6) is 0 Å². The number of hydrogen-bond donors (Lipinski definition) is 0. The van der Waals surface area contributed by atoms with Gasteiger partial charge in [0.15, 0.2) is 0 Å². The molecule has 0 fully saturated rings. The molecule has 0 radical (unpaired) electrons. The van der Waals surface area contributed by atoms with Crippen molar-refractivity contribution in [2.75, 3.05) is 0 Å². The van der Waals surface area contributed by atoms with Gasteiger partial charge in [-0.15, -0.1) is 33.2 Å². The molecule has 0 aromatic rings. The van der Waals surface area contributed by atoms with Crippen molar-refractivity contribution in [3.63, 3.8) is 0 Å². The van der Waals surface area contributed by atoms with Crippen LogP contribution in [0.1, 0.15) is 96.3 Å². The number of rotatable bonds is 16. The highest BCUT2D eigenvalue weighted by molar-refractivity contribution is 7.64. The van der Waals surface area contributed by atoms with Gasteiger partial charge in [-0.2, -0.15) is 5.26 Å². The van der Waals surface area contributed by atoms with Crippen LogP contribution in [-0.2, 0) is 0 Å². The van der Waals surface area contributed by atoms with Crippen molar-refractivity contribution in [3.8, 4) is 6.07 Å². The Kier molecular flexibility index (Phi) is 16.9. The molecular formula is C17H32Cl3NSi. The lowest BCUT2D eigenvalue weighted by Crippen LogP contribution is -2.07. The lowest BCUT2D eigenvalue weighted by atomic mass is 10.0. The van der Waals surface area contributed by atoms with Crippen molar-refractivity contribution < 1.29 is 0 Å². The summed E-state index contributed by atoms with van der Waals surface area (Å²) in [5, 5.41) is 8.44. The number of nitriles is 1. The van der Waals surface area contributed by atoms with Crippen LogP contribution >= 0.6 is 33.2 Å². The number of hydrogen-bond acceptors (Lipinski definition) is 1. The summed E-state index contributed by atoms with van der Waals surface area (Å²) in [6, 6.07) is 0.657. The predicted octanol–water partition coefficient (Wildman–Crippen LogP) is 8.02. The molecule has 0 spiro atoms. The van der Waals surface area contributed by atoms with E-state index in [0.29, 0.717) is 0 Å². The summed E-state index contributed by atoms with van der Waals surface area (Å²) in [7, 11) is 0. The fourth-order valence-corrected chi connectivity index (χ4v) is 4.50. The average Bonchev–Trinajstić information content (AvgIpc) is 2.45. The lowest BCUT2D eigenvalue weighted by Gasteiger charge is -2.06. The van der Waals surface area contributed by atoms with E-state index in [1.807, 2.05) is 0 Å². The number of halogens is 3. The third kappa shape index (κ3) is 20.6. The smallest absolute Gasteiger partial charge is 0.198 e. The van der Waals surface area contributed by atoms with Gasteiger partial charge < -0.3 is 0 Å². The SMILES string of the molecule is N#CCCCCCCCCCCCCCCCC[Si](Cl)(Cl)Cl. The molecular weight excluding hydrogens is 353 g/mol. The minimum atomic E-state index is -2.36. The Bertz CT molecular complexity index is 274. The first-order valence-corrected chi connectivity index (χ1v) is 14.2. The summed E-state index contributed by atoms with van der Waals surface area (Å²) >= 11 is 17.6. The zero-order valence-corrected chi connectivity index (χ0v) is 17.2. The molecule has 0 saturated heterocycles. The predicted molar refractivity (Wildman–Crippen MR) is 103 cm³/mol. The van der Waals surface area contributed by atoms with Crippen LogP contribution in [0.25, 0.3) is 0 Å². The van der Waals surface area contributed by atoms with Crippen molar-refractivity contribution >= 4 is 39.2 Å². The minimum Gasteiger partial charge on any atom is -0.198 e. The van der Waals surface area contributed by atoms with Gasteiger partial charge >= 0.3 is 6.00 Å². The Hall–Kier alpha value is 0.577. The molecule has 0 aliphatic rings. The Morgan fingerprint density at radius 2 is 0.864 bits per heavy atom. The van der Waals surface area contributed by atoms with E-state index >= 15 is 0 Å². The summed E-state index contributed by atoms with van der Waals surface area (Å²) in [6.07, 6.45) is 18.9. The summed E-state index contributed by atoms with van der Waals surface area (Å²) in [5.41, 5.74) is 0. The Morgan fingerprint density at radius 1 is 0.545 bits per heavy atom. The number of unbranched alkanes of at least 4 members (excludes halogenated alkanes) is 14. The number of nitrogens with zero attached hydrogens (tertiary/aromatic N) is 1. The molecule has 0 unspecified atom stereocenters. The summed E-state index contributed by atoms with van der Waals surface area (Å²) in [6.45, 7) is 0. The molecule has 0 atom stereocenters. The topological polar surface area (TPSA) is 23.8 Å². The van der Waals surface area contributed by atoms with E-state index in [9.17, 15) is 0 Å². The van der Waals surface area contributed by atoms with Crippen molar-refractivity contribution in [2.24, 2.45) is 0 Å². The van der Waals surface area contributed by atoms with E-state index in [0.717, 1.165) is 25.3 Å². The van der Waals surface area contributed by atoms with Gasteiger partial charge in [-0.05, 0) is 12.5 Å². The van der Waals surface area contributed by atoms with Crippen LogP contribution in [0, 0.1) is 11.3 Å². The molecule has 22 heavy (non-hydrogen) atoms. The van der Waals surface area contributed by atoms with Gasteiger partial charge in [-0.1, -0.05) is 83.5 Å². The van der Waals surface area contributed by atoms with Crippen molar-refractivity contribution in [2.45, 2.75) is 102 Å². The second-order valence-electron chi connectivity index (χ2n) is 6.22. The fraction of sp³-hybridized carbons (Fsp3) is 0.941. The minimum absolute atomic E-state index is 0.729. The third-order valence-corrected chi connectivity index (χ3v) is 6.62. The van der Waals surface area contributed by atoms with Gasteiger partial charge in [-0.3, -0.25) is 0 Å². The van der Waals surface area contributed by atoms with Crippen LogP contribution in [0.2, 0.25) is 6.04 Å². The van der Waals surface area contributed by atoms with Gasteiger partial charge in [0.2, 0.25) is 0 Å². The van der Waals surface area contributed by atoms with Crippen molar-refractivity contribution in [1.82, 2.24) is 0 Å². The zero-order chi connectivity index (χ0) is 16.5. The standard InChI is InChI=1S/C17H32Cl3NSi/c18-22(19,20)17-15-13-11-9-7-5-3-1-2-4-6-8-10-12-14-16-21/h1-15,17H2. The summed E-state index contributed by atoms with van der Waals surface area (Å²) in [5.74, 6) is 0. The van der Waals surface area contributed by atoms with Gasteiger partial charge in [-0.25, -0.2) is 0 Å². The van der Waals surface area contributed by atoms with Crippen LogP contribution in [0.4, 0.5) is 0 Å². The van der Waals surface area contributed by atoms with Crippen LogP contribution in [0.15, 0.2) is 0 Å². The molecule has 0 saturated carbocycles. The maximum absolute atomic E-state index is 8.44. The second-order valence-corrected chi connectivity index (χ2v) is 15.5. The summed E-state index contributed by atoms with van der Waals surface area (Å²) in [4.78, 5) is 0. The van der Waals surface area contributed by atoms with E-state index in [-0.39, 0.29) is 0 Å². The van der Waals surface area contributed by atoms with Gasteiger partial charge in [0.25, 0.3) is 0 Å². The Morgan fingerprint density at radius 3 is 1.18 bits per heavy atom. The molecule has 0 aromatic carbocycles. The molecule has 0 aromatic heterocycles. The van der Waals surface area contributed by atoms with E-state index in [1.54, 1.807) is 0 Å². The first-order chi connectivity index (χ1) is 10.6. The van der Waals surface area contributed by atoms with Gasteiger partial charge in [0.1, 0.15) is 0 Å². The van der Waals surface area contributed by atoms with Gasteiger partial charge in [0, 0.05) is 6.42 Å². The lowest BCUT2D eigenvalue weighted by molar-refractivity contribution is 0.536. The highest BCUT2D eigenvalue weighted by Crippen LogP contribution is 2.27. The first-order valence-electron chi connectivity index (χ1n) is 9.00. The van der Waals surface area contributed by atoms with E-state index in [2.05, 4.69) is 6.07 Å². The molecule has 0 N–H and O–H groups in total. The Labute approximate surface area is 152 Å². The maximum Gasteiger partial charge on any atom is 0.341 e. The van der Waals surface area contributed by atoms with Crippen molar-refractivity contribution in [3.05, 3.63) is 0 Å². The molecule has 0 amide bonds. The Balaban J connectivity index is 3.02. The average molecular weight is 385 g/mol. The zero-order valence-electron chi connectivity index (χ0n) is 13.9. The summed E-state index contributed by atoms with van der Waals surface area (Å²) < 4.78 is 0. The monoisotopic (exact) mass is 383 g/mol. The highest BCUT2D eigenvalue weighted by Gasteiger charge is 2.23. The van der Waals surface area contributed by atoms with Crippen molar-refractivity contribution in [1.29, 1.82) is 5.26 Å². The second kappa shape index (κ2) is 16.4. The van der Waals surface area contributed by atoms with E-state index < -0.39 is 6.00 Å². The molecule has 0 heterocycles. The van der Waals surface area contributed by atoms with Crippen LogP contribution in [-0.4, -0.2) is 6.00 Å². The molecule has 0 aliphatic heterocycles. The van der Waals surface area contributed by atoms with E-state index in [4.69, 9.17) is 38.5 Å². The fourth-order valence-electron chi connectivity index (χ4n) is 2.65. The quantitative estimate of drug-likeness (QED) is 0.150. The van der Waals surface area contributed by atoms with Gasteiger partial charge in [0.05, 0.1) is 6.07 Å². The molecule has 130 valence electrons. The molecule has 1 nitrogen and oxygen atoms in total. The van der Waals surface area contributed by atoms with E-state index in [1.165, 1.54) is 77.0 Å². The molecule has 0 aliphatic carbocycles. The molecule has 5 heteroatoms. The molecule has 0 bridgehead atoms. The molecule has 0 rings (SSSR count). The third-order valence-electron chi connectivity index (χ3n) is 4.00. The maximum atomic E-state index is 8.44. The highest BCUT2D eigenvalue weighted by atomic mass is 35.8. The first kappa shape index (κ1) is 22.6. The normalized spacial score (nSPS) is 11.5. The largest absolute Gasteiger partial charge is 0.341 e. The van der Waals surface area contributed by atoms with Crippen LogP contribution in [0.3, 0.4) is 0 Å².